The van der Waals surface area contributed by atoms with Crippen LogP contribution in [0.3, 0.4) is 0 Å². The number of rotatable bonds is 1. The second-order valence-electron chi connectivity index (χ2n) is 3.36. The average molecular weight is 140 g/mol. The topological polar surface area (TPSA) is 26.3 Å². The molecule has 0 aromatic heterocycles. The molecule has 0 amide bonds. The van der Waals surface area contributed by atoms with Crippen LogP contribution in [0.1, 0.15) is 25.7 Å². The molecule has 0 aromatic rings. The second-order valence-corrected chi connectivity index (χ2v) is 3.36. The van der Waals surface area contributed by atoms with Crippen LogP contribution in [0.4, 0.5) is 0 Å². The average Bonchev–Trinajstić information content (AvgIpc) is 1.78. The van der Waals surface area contributed by atoms with E-state index < -0.39 is 0 Å². The minimum Gasteiger partial charge on any atom is -0.380 e. The third-order valence-electron chi connectivity index (χ3n) is 3.07. The smallest absolute Gasteiger partial charge is 0.144 e. The normalized spacial score (nSPS) is 35.3. The molecule has 0 unspecified atom stereocenters. The van der Waals surface area contributed by atoms with Crippen molar-refractivity contribution in [2.24, 2.45) is 5.41 Å². The van der Waals surface area contributed by atoms with Gasteiger partial charge in [-0.1, -0.05) is 6.42 Å². The van der Waals surface area contributed by atoms with Crippen molar-refractivity contribution in [2.45, 2.75) is 31.8 Å². The molecule has 2 rings (SSSR count). The number of carbonyl (C=O) groups is 1. The largest absolute Gasteiger partial charge is 0.380 e. The Morgan fingerprint density at radius 3 is 2.50 bits per heavy atom. The lowest BCUT2D eigenvalue weighted by Crippen LogP contribution is -2.58. The molecule has 10 heavy (non-hydrogen) atoms. The minimum atomic E-state index is 0.00868. The van der Waals surface area contributed by atoms with E-state index in [4.69, 9.17) is 4.74 Å². The van der Waals surface area contributed by atoms with Crippen molar-refractivity contribution in [3.05, 3.63) is 0 Å². The minimum absolute atomic E-state index is 0.00868. The number of carbonyl (C=O) groups excluding carboxylic acids is 1. The van der Waals surface area contributed by atoms with Gasteiger partial charge in [0.25, 0.3) is 0 Å². The molecule has 0 N–H and O–H groups in total. The molecule has 56 valence electrons. The molecular formula is C8H12O2. The first-order valence-electron chi connectivity index (χ1n) is 3.86. The fourth-order valence-electron chi connectivity index (χ4n) is 2.08. The predicted octanol–water partition coefficient (Wildman–Crippen LogP) is 1.14. The van der Waals surface area contributed by atoms with Gasteiger partial charge >= 0.3 is 0 Å². The highest BCUT2D eigenvalue weighted by Gasteiger charge is 2.58. The van der Waals surface area contributed by atoms with Crippen LogP contribution in [-0.4, -0.2) is 19.0 Å². The summed E-state index contributed by atoms with van der Waals surface area (Å²) in [6, 6.07) is 0. The van der Waals surface area contributed by atoms with Gasteiger partial charge in [-0.05, 0) is 12.8 Å². The Kier molecular flexibility index (Phi) is 1.15. The highest BCUT2D eigenvalue weighted by molar-refractivity contribution is 5.93. The first-order chi connectivity index (χ1) is 4.79. The van der Waals surface area contributed by atoms with Gasteiger partial charge in [0.05, 0.1) is 11.5 Å². The summed E-state index contributed by atoms with van der Waals surface area (Å²) in [5, 5.41) is 0. The Bertz CT molecular complexity index is 170. The highest BCUT2D eigenvalue weighted by Crippen LogP contribution is 2.54. The lowest BCUT2D eigenvalue weighted by atomic mass is 9.53. The van der Waals surface area contributed by atoms with Crippen molar-refractivity contribution in [1.82, 2.24) is 0 Å². The monoisotopic (exact) mass is 140 g/mol. The third kappa shape index (κ3) is 0.511. The summed E-state index contributed by atoms with van der Waals surface area (Å²) in [6.07, 6.45) is 4.28. The molecule has 2 nitrogen and oxygen atoms in total. The SMILES string of the molecule is CO[C@@H]1CC(=O)C12CCC2. The van der Waals surface area contributed by atoms with E-state index in [1.807, 2.05) is 0 Å². The van der Waals surface area contributed by atoms with Crippen molar-refractivity contribution < 1.29 is 9.53 Å². The lowest BCUT2D eigenvalue weighted by Gasteiger charge is -2.52. The summed E-state index contributed by atoms with van der Waals surface area (Å²) in [7, 11) is 1.71. The van der Waals surface area contributed by atoms with Crippen LogP contribution in [0, 0.1) is 5.41 Å². The van der Waals surface area contributed by atoms with Gasteiger partial charge in [-0.15, -0.1) is 0 Å². The van der Waals surface area contributed by atoms with Gasteiger partial charge in [-0.2, -0.15) is 0 Å². The van der Waals surface area contributed by atoms with Crippen LogP contribution in [0.2, 0.25) is 0 Å². The summed E-state index contributed by atoms with van der Waals surface area (Å²) in [6.45, 7) is 0. The number of ether oxygens (including phenoxy) is 1. The Morgan fingerprint density at radius 1 is 1.60 bits per heavy atom. The standard InChI is InChI=1S/C8H12O2/c1-10-7-5-6(9)8(7)3-2-4-8/h7H,2-5H2,1H3/t7-/m1/s1. The molecular weight excluding hydrogens is 128 g/mol. The molecule has 2 aliphatic carbocycles. The van der Waals surface area contributed by atoms with E-state index in [1.54, 1.807) is 7.11 Å². The zero-order valence-electron chi connectivity index (χ0n) is 6.22. The molecule has 0 bridgehead atoms. The van der Waals surface area contributed by atoms with Crippen LogP contribution in [0.25, 0.3) is 0 Å². The van der Waals surface area contributed by atoms with Gasteiger partial charge in [0.1, 0.15) is 5.78 Å². The van der Waals surface area contributed by atoms with Crippen molar-refractivity contribution in [1.29, 1.82) is 0 Å². The summed E-state index contributed by atoms with van der Waals surface area (Å²) in [4.78, 5) is 11.1. The summed E-state index contributed by atoms with van der Waals surface area (Å²) >= 11 is 0. The molecule has 0 aliphatic heterocycles. The molecule has 0 radical (unpaired) electrons. The molecule has 2 heteroatoms. The maximum absolute atomic E-state index is 11.1. The van der Waals surface area contributed by atoms with Crippen LogP contribution >= 0.6 is 0 Å². The van der Waals surface area contributed by atoms with Gasteiger partial charge in [-0.3, -0.25) is 4.79 Å². The number of hydrogen-bond donors (Lipinski definition) is 0. The predicted molar refractivity (Wildman–Crippen MR) is 36.7 cm³/mol. The zero-order chi connectivity index (χ0) is 7.19. The molecule has 1 spiro atoms. The van der Waals surface area contributed by atoms with E-state index in [0.717, 1.165) is 12.8 Å². The molecule has 2 aliphatic rings. The molecule has 1 atom stereocenters. The van der Waals surface area contributed by atoms with Crippen molar-refractivity contribution in [3.63, 3.8) is 0 Å². The fourth-order valence-corrected chi connectivity index (χ4v) is 2.08. The highest BCUT2D eigenvalue weighted by atomic mass is 16.5. The number of methoxy groups -OCH3 is 1. The van der Waals surface area contributed by atoms with Gasteiger partial charge in [0.15, 0.2) is 0 Å². The fraction of sp³-hybridized carbons (Fsp3) is 0.875. The first-order valence-corrected chi connectivity index (χ1v) is 3.86. The summed E-state index contributed by atoms with van der Waals surface area (Å²) in [5.41, 5.74) is 0.00868. The van der Waals surface area contributed by atoms with E-state index in [2.05, 4.69) is 0 Å². The van der Waals surface area contributed by atoms with Crippen molar-refractivity contribution in [2.75, 3.05) is 7.11 Å². The molecule has 2 fully saturated rings. The molecule has 0 heterocycles. The first kappa shape index (κ1) is 6.35. The maximum Gasteiger partial charge on any atom is 0.144 e. The Balaban J connectivity index is 2.10. The Morgan fingerprint density at radius 2 is 2.30 bits per heavy atom. The van der Waals surface area contributed by atoms with Gasteiger partial charge in [-0.25, -0.2) is 0 Å². The van der Waals surface area contributed by atoms with Gasteiger partial charge in [0.2, 0.25) is 0 Å². The Labute approximate surface area is 60.6 Å². The Hall–Kier alpha value is -0.370. The summed E-state index contributed by atoms with van der Waals surface area (Å²) in [5.74, 6) is 0.436. The molecule has 2 saturated carbocycles. The number of Topliss-reactive ketones (excluding diaryl/α,β-unsaturated/α-hetero) is 1. The molecule has 0 saturated heterocycles. The molecule has 0 aromatic carbocycles. The van der Waals surface area contributed by atoms with E-state index in [9.17, 15) is 4.79 Å². The van der Waals surface area contributed by atoms with E-state index in [1.165, 1.54) is 6.42 Å². The van der Waals surface area contributed by atoms with Gasteiger partial charge < -0.3 is 4.74 Å². The van der Waals surface area contributed by atoms with Gasteiger partial charge in [0, 0.05) is 13.5 Å². The second kappa shape index (κ2) is 1.82. The quantitative estimate of drug-likeness (QED) is 0.546. The van der Waals surface area contributed by atoms with E-state index in [0.29, 0.717) is 12.2 Å². The third-order valence-corrected chi connectivity index (χ3v) is 3.07. The van der Waals surface area contributed by atoms with Crippen LogP contribution < -0.4 is 0 Å². The van der Waals surface area contributed by atoms with Crippen LogP contribution in [0.15, 0.2) is 0 Å². The van der Waals surface area contributed by atoms with E-state index in [-0.39, 0.29) is 11.5 Å². The zero-order valence-corrected chi connectivity index (χ0v) is 6.22. The van der Waals surface area contributed by atoms with Crippen molar-refractivity contribution in [3.8, 4) is 0 Å². The summed E-state index contributed by atoms with van der Waals surface area (Å²) < 4.78 is 5.19. The number of ketones is 1. The van der Waals surface area contributed by atoms with E-state index >= 15 is 0 Å². The van der Waals surface area contributed by atoms with Crippen molar-refractivity contribution >= 4 is 5.78 Å². The lowest BCUT2D eigenvalue weighted by molar-refractivity contribution is -0.172. The number of hydrogen-bond acceptors (Lipinski definition) is 2. The van der Waals surface area contributed by atoms with Crippen LogP contribution in [0.5, 0.6) is 0 Å². The van der Waals surface area contributed by atoms with Crippen LogP contribution in [-0.2, 0) is 9.53 Å². The maximum atomic E-state index is 11.1.